The average Bonchev–Trinajstić information content (AvgIpc) is 1.00. The molecule has 0 amide bonds. The molecular weight excluding hydrogens is 216 g/mol. The molecule has 3 heteroatoms. The maximum Gasteiger partial charge on any atom is 0.0319 e. The third-order valence-corrected chi connectivity index (χ3v) is 0. The van der Waals surface area contributed by atoms with Crippen LogP contribution >= 0.6 is 0 Å². The molecule has 0 aliphatic rings. The normalized spacial score (nSPS) is 1.50. The maximum atomic E-state index is 7.00. The molecule has 0 spiro atoms. The van der Waals surface area contributed by atoms with Crippen molar-refractivity contribution >= 4 is 18.9 Å². The Morgan fingerprint density at radius 2 is 1.25 bits per heavy atom. The average molecular weight is 220 g/mol. The number of aliphatic hydroxyl groups is 1. The molecule has 0 saturated carbocycles. The summed E-state index contributed by atoms with van der Waals surface area (Å²) >= 11 is 0. The smallest absolute Gasteiger partial charge is 0.0319 e. The van der Waals surface area contributed by atoms with Crippen molar-refractivity contribution in [1.29, 1.82) is 0 Å². The molecular formula is CH4LiOTa. The predicted octanol–water partition coefficient (Wildman–Crippen LogP) is -0.775. The Morgan fingerprint density at radius 1 is 1.25 bits per heavy atom. The van der Waals surface area contributed by atoms with Gasteiger partial charge in [0, 0.05) is 48.4 Å². The second-order valence-electron chi connectivity index (χ2n) is 0. The van der Waals surface area contributed by atoms with Crippen LogP contribution in [0.4, 0.5) is 0 Å². The Balaban J connectivity index is -0.00000000500. The second-order valence-corrected chi connectivity index (χ2v) is 0. The van der Waals surface area contributed by atoms with Gasteiger partial charge in [-0.1, -0.05) is 0 Å². The monoisotopic (exact) mass is 220 g/mol. The fourth-order valence-electron chi connectivity index (χ4n) is 0. The van der Waals surface area contributed by atoms with E-state index in [4.69, 9.17) is 5.11 Å². The molecule has 0 atom stereocenters. The van der Waals surface area contributed by atoms with E-state index in [9.17, 15) is 0 Å². The summed E-state index contributed by atoms with van der Waals surface area (Å²) in [6.07, 6.45) is 0. The van der Waals surface area contributed by atoms with Crippen molar-refractivity contribution in [2.24, 2.45) is 0 Å². The Morgan fingerprint density at radius 3 is 1.25 bits per heavy atom. The van der Waals surface area contributed by atoms with Crippen LogP contribution in [-0.4, -0.2) is 31.1 Å². The van der Waals surface area contributed by atoms with Gasteiger partial charge in [0.25, 0.3) is 0 Å². The van der Waals surface area contributed by atoms with Crippen molar-refractivity contribution in [1.82, 2.24) is 0 Å². The molecule has 1 nitrogen and oxygen atoms in total. The first kappa shape index (κ1) is 18.5. The van der Waals surface area contributed by atoms with Crippen LogP contribution in [0.2, 0.25) is 0 Å². The van der Waals surface area contributed by atoms with E-state index < -0.39 is 0 Å². The zero-order chi connectivity index (χ0) is 2.00. The molecule has 20 valence electrons. The summed E-state index contributed by atoms with van der Waals surface area (Å²) in [5, 5.41) is 7.00. The minimum absolute atomic E-state index is 0. The minimum atomic E-state index is 0. The van der Waals surface area contributed by atoms with Gasteiger partial charge < -0.3 is 5.11 Å². The Labute approximate surface area is 53.5 Å². The Kier molecular flexibility index (Phi) is 129. The van der Waals surface area contributed by atoms with Crippen molar-refractivity contribution in [3.05, 3.63) is 0 Å². The zero-order valence-electron chi connectivity index (χ0n) is 2.89. The molecule has 0 saturated heterocycles. The first-order valence-electron chi connectivity index (χ1n) is 0.447. The molecule has 0 unspecified atom stereocenters. The van der Waals surface area contributed by atoms with Crippen LogP contribution in [0.5, 0.6) is 0 Å². The van der Waals surface area contributed by atoms with Gasteiger partial charge in [-0.05, 0) is 0 Å². The van der Waals surface area contributed by atoms with Crippen LogP contribution in [0.3, 0.4) is 0 Å². The minimum Gasteiger partial charge on any atom is -0.400 e. The van der Waals surface area contributed by atoms with Gasteiger partial charge in [0.15, 0.2) is 0 Å². The van der Waals surface area contributed by atoms with Crippen molar-refractivity contribution in [2.75, 3.05) is 7.11 Å². The molecule has 0 aliphatic heterocycles. The van der Waals surface area contributed by atoms with E-state index in [1.165, 1.54) is 0 Å². The quantitative estimate of drug-likeness (QED) is 0.531. The molecule has 0 aromatic carbocycles. The maximum absolute atomic E-state index is 7.00. The van der Waals surface area contributed by atoms with Crippen molar-refractivity contribution in [3.8, 4) is 0 Å². The van der Waals surface area contributed by atoms with Gasteiger partial charge in [-0.3, -0.25) is 0 Å². The van der Waals surface area contributed by atoms with E-state index >= 15 is 0 Å². The van der Waals surface area contributed by atoms with E-state index in [-0.39, 0.29) is 41.2 Å². The van der Waals surface area contributed by atoms with Crippen LogP contribution in [0.25, 0.3) is 0 Å². The summed E-state index contributed by atoms with van der Waals surface area (Å²) in [6.45, 7) is 0. The number of aliphatic hydroxyl groups excluding tert-OH is 1. The fraction of sp³-hybridized carbons (Fsp3) is 1.00. The third kappa shape index (κ3) is 10.3. The summed E-state index contributed by atoms with van der Waals surface area (Å²) in [6, 6.07) is 0. The summed E-state index contributed by atoms with van der Waals surface area (Å²) < 4.78 is 0. The van der Waals surface area contributed by atoms with Crippen LogP contribution in [0.15, 0.2) is 0 Å². The first-order chi connectivity index (χ1) is 1.00. The topological polar surface area (TPSA) is 20.2 Å². The van der Waals surface area contributed by atoms with Gasteiger partial charge in [0.1, 0.15) is 0 Å². The molecule has 0 bridgehead atoms. The summed E-state index contributed by atoms with van der Waals surface area (Å²) in [4.78, 5) is 0. The number of hydrogen-bond acceptors (Lipinski definition) is 1. The third-order valence-electron chi connectivity index (χ3n) is 0. The van der Waals surface area contributed by atoms with E-state index in [1.54, 1.807) is 0 Å². The van der Waals surface area contributed by atoms with Gasteiger partial charge in [0.2, 0.25) is 0 Å². The summed E-state index contributed by atoms with van der Waals surface area (Å²) in [5.41, 5.74) is 0. The van der Waals surface area contributed by atoms with Gasteiger partial charge in [-0.15, -0.1) is 0 Å². The zero-order valence-corrected chi connectivity index (χ0v) is 6.11. The van der Waals surface area contributed by atoms with Crippen LogP contribution in [0.1, 0.15) is 0 Å². The van der Waals surface area contributed by atoms with E-state index in [2.05, 4.69) is 0 Å². The SMILES string of the molecule is CO.[Li].[Ta]. The molecule has 0 aromatic heterocycles. The second kappa shape index (κ2) is 27.8. The van der Waals surface area contributed by atoms with Crippen molar-refractivity contribution in [3.63, 3.8) is 0 Å². The van der Waals surface area contributed by atoms with Crippen molar-refractivity contribution < 1.29 is 27.5 Å². The van der Waals surface area contributed by atoms with Gasteiger partial charge >= 0.3 is 0 Å². The molecule has 0 heterocycles. The van der Waals surface area contributed by atoms with Gasteiger partial charge in [-0.2, -0.15) is 0 Å². The molecule has 1 N–H and O–H groups in total. The Hall–Kier alpha value is 1.30. The summed E-state index contributed by atoms with van der Waals surface area (Å²) in [5.74, 6) is 0. The largest absolute Gasteiger partial charge is 0.400 e. The van der Waals surface area contributed by atoms with Crippen LogP contribution < -0.4 is 0 Å². The van der Waals surface area contributed by atoms with Crippen molar-refractivity contribution in [2.45, 2.75) is 0 Å². The van der Waals surface area contributed by atoms with Crippen LogP contribution in [0, 0.1) is 0 Å². The molecule has 2 radical (unpaired) electrons. The molecule has 0 rings (SSSR count). The van der Waals surface area contributed by atoms with Gasteiger partial charge in [0.05, 0.1) is 0 Å². The van der Waals surface area contributed by atoms with Crippen LogP contribution in [-0.2, 0) is 22.4 Å². The molecule has 4 heavy (non-hydrogen) atoms. The fourth-order valence-corrected chi connectivity index (χ4v) is 0. The van der Waals surface area contributed by atoms with E-state index in [1.807, 2.05) is 0 Å². The Bertz CT molecular complexity index is 8.00. The summed E-state index contributed by atoms with van der Waals surface area (Å²) in [7, 11) is 1.00. The number of hydrogen-bond donors (Lipinski definition) is 1. The molecule has 0 fully saturated rings. The van der Waals surface area contributed by atoms with Gasteiger partial charge in [-0.25, -0.2) is 0 Å². The predicted molar refractivity (Wildman–Crippen MR) is 13.9 cm³/mol. The first-order valence-corrected chi connectivity index (χ1v) is 0.447. The molecule has 0 aliphatic carbocycles. The number of rotatable bonds is 0. The molecule has 0 aromatic rings. The van der Waals surface area contributed by atoms with E-state index in [0.29, 0.717) is 0 Å². The van der Waals surface area contributed by atoms with E-state index in [0.717, 1.165) is 7.11 Å². The standard InChI is InChI=1S/CH4O.Li.Ta/c1-2;;/h2H,1H3;;.